The molecule has 0 atom stereocenters. The third-order valence-electron chi connectivity index (χ3n) is 2.00. The standard InChI is InChI=1S/C11H14O4S/c1-4-15-11(12)9-7(13-2)5-6-8(16)10(9)14-3/h5-6,16H,4H2,1-3H3. The van der Waals surface area contributed by atoms with Crippen LogP contribution >= 0.6 is 12.6 Å². The van der Waals surface area contributed by atoms with Gasteiger partial charge in [-0.15, -0.1) is 12.6 Å². The molecule has 0 aliphatic rings. The number of carbonyl (C=O) groups excluding carboxylic acids is 1. The molecular formula is C11H14O4S. The van der Waals surface area contributed by atoms with Crippen LogP contribution in [0.1, 0.15) is 17.3 Å². The van der Waals surface area contributed by atoms with E-state index in [9.17, 15) is 4.79 Å². The Morgan fingerprint density at radius 3 is 2.50 bits per heavy atom. The summed E-state index contributed by atoms with van der Waals surface area (Å²) in [4.78, 5) is 12.3. The largest absolute Gasteiger partial charge is 0.496 e. The smallest absolute Gasteiger partial charge is 0.345 e. The first-order valence-electron chi connectivity index (χ1n) is 4.76. The van der Waals surface area contributed by atoms with E-state index in [2.05, 4.69) is 12.6 Å². The van der Waals surface area contributed by atoms with E-state index in [1.165, 1.54) is 14.2 Å². The average Bonchev–Trinajstić information content (AvgIpc) is 2.28. The Balaban J connectivity index is 3.30. The molecule has 0 heterocycles. The predicted molar refractivity (Wildman–Crippen MR) is 62.8 cm³/mol. The van der Waals surface area contributed by atoms with Crippen LogP contribution in [0.4, 0.5) is 0 Å². The van der Waals surface area contributed by atoms with Crippen molar-refractivity contribution in [2.24, 2.45) is 0 Å². The van der Waals surface area contributed by atoms with E-state index in [1.54, 1.807) is 19.1 Å². The third kappa shape index (κ3) is 2.41. The molecule has 0 saturated heterocycles. The van der Waals surface area contributed by atoms with Gasteiger partial charge in [0.15, 0.2) is 0 Å². The fraction of sp³-hybridized carbons (Fsp3) is 0.364. The Kier molecular flexibility index (Phi) is 4.49. The summed E-state index contributed by atoms with van der Waals surface area (Å²) in [6.07, 6.45) is 0. The molecule has 88 valence electrons. The van der Waals surface area contributed by atoms with E-state index >= 15 is 0 Å². The molecule has 1 aromatic carbocycles. The Labute approximate surface area is 99.9 Å². The summed E-state index contributed by atoms with van der Waals surface area (Å²) in [5.74, 6) is 0.293. The Morgan fingerprint density at radius 2 is 2.00 bits per heavy atom. The summed E-state index contributed by atoms with van der Waals surface area (Å²) >= 11 is 4.21. The zero-order valence-electron chi connectivity index (χ0n) is 9.44. The summed E-state index contributed by atoms with van der Waals surface area (Å²) in [5.41, 5.74) is 0.263. The Morgan fingerprint density at radius 1 is 1.31 bits per heavy atom. The number of esters is 1. The van der Waals surface area contributed by atoms with Gasteiger partial charge in [0.05, 0.1) is 20.8 Å². The molecule has 5 heteroatoms. The summed E-state index contributed by atoms with van der Waals surface area (Å²) in [6.45, 7) is 2.03. The monoisotopic (exact) mass is 242 g/mol. The van der Waals surface area contributed by atoms with Crippen LogP contribution in [0, 0.1) is 0 Å². The van der Waals surface area contributed by atoms with Gasteiger partial charge in [-0.1, -0.05) is 0 Å². The fourth-order valence-corrected chi connectivity index (χ4v) is 1.60. The van der Waals surface area contributed by atoms with Crippen molar-refractivity contribution in [2.75, 3.05) is 20.8 Å². The maximum absolute atomic E-state index is 11.7. The van der Waals surface area contributed by atoms with E-state index in [-0.39, 0.29) is 5.56 Å². The molecule has 0 aliphatic heterocycles. The van der Waals surface area contributed by atoms with Crippen LogP contribution in [0.5, 0.6) is 11.5 Å². The minimum absolute atomic E-state index is 0.263. The fourth-order valence-electron chi connectivity index (χ4n) is 1.33. The second-order valence-electron chi connectivity index (χ2n) is 2.92. The molecule has 0 bridgehead atoms. The topological polar surface area (TPSA) is 44.8 Å². The van der Waals surface area contributed by atoms with E-state index in [0.717, 1.165) is 0 Å². The lowest BCUT2D eigenvalue weighted by atomic mass is 10.1. The Hall–Kier alpha value is -1.36. The summed E-state index contributed by atoms with van der Waals surface area (Å²) in [7, 11) is 2.95. The second-order valence-corrected chi connectivity index (χ2v) is 3.40. The molecule has 0 aromatic heterocycles. The van der Waals surface area contributed by atoms with Gasteiger partial charge in [0.2, 0.25) is 0 Å². The van der Waals surface area contributed by atoms with Gasteiger partial charge < -0.3 is 14.2 Å². The van der Waals surface area contributed by atoms with E-state index in [4.69, 9.17) is 14.2 Å². The first kappa shape index (κ1) is 12.7. The van der Waals surface area contributed by atoms with Crippen molar-refractivity contribution in [3.05, 3.63) is 17.7 Å². The lowest BCUT2D eigenvalue weighted by molar-refractivity contribution is 0.0518. The number of hydrogen-bond acceptors (Lipinski definition) is 5. The van der Waals surface area contributed by atoms with Crippen LogP contribution in [0.15, 0.2) is 17.0 Å². The van der Waals surface area contributed by atoms with Gasteiger partial charge in [0, 0.05) is 4.90 Å². The van der Waals surface area contributed by atoms with Crippen molar-refractivity contribution in [1.82, 2.24) is 0 Å². The maximum atomic E-state index is 11.7. The number of methoxy groups -OCH3 is 2. The Bertz CT molecular complexity index is 390. The minimum atomic E-state index is -0.480. The number of rotatable bonds is 4. The van der Waals surface area contributed by atoms with Crippen molar-refractivity contribution in [3.63, 3.8) is 0 Å². The van der Waals surface area contributed by atoms with Crippen LogP contribution in [-0.2, 0) is 4.74 Å². The molecule has 16 heavy (non-hydrogen) atoms. The first-order chi connectivity index (χ1) is 7.65. The van der Waals surface area contributed by atoms with Gasteiger partial charge in [-0.05, 0) is 19.1 Å². The van der Waals surface area contributed by atoms with E-state index < -0.39 is 5.97 Å². The van der Waals surface area contributed by atoms with Crippen LogP contribution in [-0.4, -0.2) is 26.8 Å². The molecule has 0 N–H and O–H groups in total. The molecular weight excluding hydrogens is 228 g/mol. The molecule has 0 amide bonds. The maximum Gasteiger partial charge on any atom is 0.345 e. The van der Waals surface area contributed by atoms with Crippen molar-refractivity contribution in [2.45, 2.75) is 11.8 Å². The molecule has 0 aliphatic carbocycles. The predicted octanol–water partition coefficient (Wildman–Crippen LogP) is 2.17. The quantitative estimate of drug-likeness (QED) is 0.649. The normalized spacial score (nSPS) is 9.75. The van der Waals surface area contributed by atoms with Gasteiger partial charge >= 0.3 is 5.97 Å². The van der Waals surface area contributed by atoms with Crippen molar-refractivity contribution in [3.8, 4) is 11.5 Å². The van der Waals surface area contributed by atoms with Gasteiger partial charge in [-0.25, -0.2) is 4.79 Å². The first-order valence-corrected chi connectivity index (χ1v) is 5.21. The summed E-state index contributed by atoms with van der Waals surface area (Å²) in [6, 6.07) is 3.35. The van der Waals surface area contributed by atoms with Crippen molar-refractivity contribution in [1.29, 1.82) is 0 Å². The van der Waals surface area contributed by atoms with Crippen LogP contribution in [0.2, 0.25) is 0 Å². The average molecular weight is 242 g/mol. The van der Waals surface area contributed by atoms with Gasteiger partial charge in [-0.3, -0.25) is 0 Å². The molecule has 0 fully saturated rings. The zero-order chi connectivity index (χ0) is 12.1. The lowest BCUT2D eigenvalue weighted by Gasteiger charge is -2.13. The molecule has 1 aromatic rings. The van der Waals surface area contributed by atoms with Crippen LogP contribution in [0.3, 0.4) is 0 Å². The minimum Gasteiger partial charge on any atom is -0.496 e. The molecule has 0 radical (unpaired) electrons. The highest BCUT2D eigenvalue weighted by Gasteiger charge is 2.21. The number of hydrogen-bond donors (Lipinski definition) is 1. The van der Waals surface area contributed by atoms with Crippen molar-refractivity contribution >= 4 is 18.6 Å². The molecule has 0 unspecified atom stereocenters. The lowest BCUT2D eigenvalue weighted by Crippen LogP contribution is -2.09. The summed E-state index contributed by atoms with van der Waals surface area (Å²) < 4.78 is 15.2. The highest BCUT2D eigenvalue weighted by molar-refractivity contribution is 7.80. The summed E-state index contributed by atoms with van der Waals surface area (Å²) in [5, 5.41) is 0. The number of carbonyl (C=O) groups is 1. The van der Waals surface area contributed by atoms with Gasteiger partial charge in [0.25, 0.3) is 0 Å². The number of ether oxygens (including phenoxy) is 3. The third-order valence-corrected chi connectivity index (χ3v) is 2.35. The van der Waals surface area contributed by atoms with Crippen LogP contribution < -0.4 is 9.47 Å². The molecule has 0 spiro atoms. The second kappa shape index (κ2) is 5.65. The highest BCUT2D eigenvalue weighted by Crippen LogP contribution is 2.34. The SMILES string of the molecule is CCOC(=O)c1c(OC)ccc(S)c1OC. The molecule has 1 rings (SSSR count). The molecule has 0 saturated carbocycles. The molecule has 4 nitrogen and oxygen atoms in total. The number of benzene rings is 1. The highest BCUT2D eigenvalue weighted by atomic mass is 32.1. The van der Waals surface area contributed by atoms with Gasteiger partial charge in [-0.2, -0.15) is 0 Å². The number of thiol groups is 1. The van der Waals surface area contributed by atoms with E-state index in [0.29, 0.717) is 23.0 Å². The van der Waals surface area contributed by atoms with E-state index in [1.807, 2.05) is 0 Å². The van der Waals surface area contributed by atoms with Crippen LogP contribution in [0.25, 0.3) is 0 Å². The zero-order valence-corrected chi connectivity index (χ0v) is 10.3. The van der Waals surface area contributed by atoms with Gasteiger partial charge in [0.1, 0.15) is 17.1 Å². The van der Waals surface area contributed by atoms with Crippen molar-refractivity contribution < 1.29 is 19.0 Å².